The van der Waals surface area contributed by atoms with Gasteiger partial charge >= 0.3 is 0 Å². The van der Waals surface area contributed by atoms with Crippen LogP contribution in [0, 0.1) is 13.8 Å². The van der Waals surface area contributed by atoms with Crippen molar-refractivity contribution in [3.63, 3.8) is 0 Å². The van der Waals surface area contributed by atoms with Crippen LogP contribution in [-0.4, -0.2) is 17.8 Å². The van der Waals surface area contributed by atoms with Gasteiger partial charge in [-0.2, -0.15) is 0 Å². The minimum atomic E-state index is 0.714. The predicted octanol–water partition coefficient (Wildman–Crippen LogP) is 3.93. The summed E-state index contributed by atoms with van der Waals surface area (Å²) in [5.74, 6) is 0. The molecule has 1 aliphatic carbocycles. The van der Waals surface area contributed by atoms with Crippen molar-refractivity contribution < 1.29 is 0 Å². The lowest BCUT2D eigenvalue weighted by molar-refractivity contribution is 0.551. The Labute approximate surface area is 109 Å². The molecule has 2 unspecified atom stereocenters. The van der Waals surface area contributed by atoms with Crippen molar-refractivity contribution in [1.82, 2.24) is 5.32 Å². The molecule has 0 bridgehead atoms. The highest BCUT2D eigenvalue weighted by Gasteiger charge is 2.27. The van der Waals surface area contributed by atoms with Gasteiger partial charge in [-0.05, 0) is 56.5 Å². The first-order valence-corrected chi connectivity index (χ1v) is 7.56. The third-order valence-corrected chi connectivity index (χ3v) is 5.08. The van der Waals surface area contributed by atoms with E-state index >= 15 is 0 Å². The summed E-state index contributed by atoms with van der Waals surface area (Å²) < 4.78 is 0. The summed E-state index contributed by atoms with van der Waals surface area (Å²) in [4.78, 5) is 1.43. The molecule has 0 aliphatic heterocycles. The van der Waals surface area contributed by atoms with Crippen LogP contribution in [0.25, 0.3) is 0 Å². The molecule has 0 saturated heterocycles. The SMILES string of the molecule is CCNC1CCCC1Sc1ccc(C)c(C)c1. The van der Waals surface area contributed by atoms with Gasteiger partial charge in [-0.25, -0.2) is 0 Å². The lowest BCUT2D eigenvalue weighted by Gasteiger charge is -2.20. The van der Waals surface area contributed by atoms with Crippen LogP contribution in [0.15, 0.2) is 23.1 Å². The van der Waals surface area contributed by atoms with E-state index < -0.39 is 0 Å². The van der Waals surface area contributed by atoms with E-state index in [0.717, 1.165) is 11.8 Å². The van der Waals surface area contributed by atoms with Crippen molar-refractivity contribution in [2.45, 2.75) is 56.2 Å². The number of benzene rings is 1. The Morgan fingerprint density at radius 3 is 2.76 bits per heavy atom. The fourth-order valence-corrected chi connectivity index (χ4v) is 3.95. The van der Waals surface area contributed by atoms with Crippen molar-refractivity contribution >= 4 is 11.8 Å². The zero-order valence-corrected chi connectivity index (χ0v) is 11.9. The highest BCUT2D eigenvalue weighted by molar-refractivity contribution is 8.00. The number of rotatable bonds is 4. The Hall–Kier alpha value is -0.470. The number of nitrogens with one attached hydrogen (secondary N) is 1. The van der Waals surface area contributed by atoms with Gasteiger partial charge in [0.25, 0.3) is 0 Å². The molecule has 1 saturated carbocycles. The number of thioether (sulfide) groups is 1. The Balaban J connectivity index is 2.02. The summed E-state index contributed by atoms with van der Waals surface area (Å²) in [6, 6.07) is 7.57. The van der Waals surface area contributed by atoms with Crippen molar-refractivity contribution in [3.8, 4) is 0 Å². The Morgan fingerprint density at radius 1 is 1.24 bits per heavy atom. The molecule has 1 aromatic rings. The molecule has 0 heterocycles. The average molecular weight is 249 g/mol. The predicted molar refractivity (Wildman–Crippen MR) is 76.9 cm³/mol. The fraction of sp³-hybridized carbons (Fsp3) is 0.600. The second-order valence-electron chi connectivity index (χ2n) is 5.00. The monoisotopic (exact) mass is 249 g/mol. The van der Waals surface area contributed by atoms with Crippen molar-refractivity contribution in [1.29, 1.82) is 0 Å². The normalized spacial score (nSPS) is 24.2. The van der Waals surface area contributed by atoms with E-state index in [9.17, 15) is 0 Å². The molecule has 0 amide bonds. The van der Waals surface area contributed by atoms with Gasteiger partial charge in [-0.1, -0.05) is 19.4 Å². The standard InChI is InChI=1S/C15H23NS/c1-4-16-14-6-5-7-15(14)17-13-9-8-11(2)12(3)10-13/h8-10,14-16H,4-7H2,1-3H3. The first-order valence-electron chi connectivity index (χ1n) is 6.68. The lowest BCUT2D eigenvalue weighted by atomic mass is 10.1. The minimum Gasteiger partial charge on any atom is -0.313 e. The largest absolute Gasteiger partial charge is 0.313 e. The number of hydrogen-bond donors (Lipinski definition) is 1. The van der Waals surface area contributed by atoms with Gasteiger partial charge in [-0.3, -0.25) is 0 Å². The molecule has 17 heavy (non-hydrogen) atoms. The van der Waals surface area contributed by atoms with Crippen LogP contribution in [0.5, 0.6) is 0 Å². The Morgan fingerprint density at radius 2 is 2.06 bits per heavy atom. The van der Waals surface area contributed by atoms with Crippen molar-refractivity contribution in [3.05, 3.63) is 29.3 Å². The zero-order valence-electron chi connectivity index (χ0n) is 11.1. The summed E-state index contributed by atoms with van der Waals surface area (Å²) in [7, 11) is 0. The summed E-state index contributed by atoms with van der Waals surface area (Å²) >= 11 is 2.06. The highest BCUT2D eigenvalue weighted by Crippen LogP contribution is 2.35. The van der Waals surface area contributed by atoms with Crippen molar-refractivity contribution in [2.75, 3.05) is 6.54 Å². The van der Waals surface area contributed by atoms with Crippen LogP contribution in [0.1, 0.15) is 37.3 Å². The maximum Gasteiger partial charge on any atom is 0.0248 e. The summed E-state index contributed by atoms with van der Waals surface area (Å²) in [5.41, 5.74) is 2.80. The van der Waals surface area contributed by atoms with Crippen LogP contribution in [0.4, 0.5) is 0 Å². The van der Waals surface area contributed by atoms with Gasteiger partial charge in [0, 0.05) is 16.2 Å². The molecule has 2 atom stereocenters. The van der Waals surface area contributed by atoms with E-state index in [1.54, 1.807) is 0 Å². The molecule has 0 spiro atoms. The third kappa shape index (κ3) is 3.26. The zero-order chi connectivity index (χ0) is 12.3. The van der Waals surface area contributed by atoms with Crippen LogP contribution < -0.4 is 5.32 Å². The van der Waals surface area contributed by atoms with E-state index in [4.69, 9.17) is 0 Å². The molecular weight excluding hydrogens is 226 g/mol. The van der Waals surface area contributed by atoms with E-state index in [-0.39, 0.29) is 0 Å². The molecule has 1 fully saturated rings. The van der Waals surface area contributed by atoms with Gasteiger partial charge in [0.05, 0.1) is 0 Å². The molecule has 1 aliphatic rings. The maximum atomic E-state index is 3.62. The van der Waals surface area contributed by atoms with Crippen LogP contribution in [0.3, 0.4) is 0 Å². The third-order valence-electron chi connectivity index (χ3n) is 3.68. The average Bonchev–Trinajstić information content (AvgIpc) is 2.72. The van der Waals surface area contributed by atoms with Crippen LogP contribution >= 0.6 is 11.8 Å². The topological polar surface area (TPSA) is 12.0 Å². The lowest BCUT2D eigenvalue weighted by Crippen LogP contribution is -2.33. The first-order chi connectivity index (χ1) is 8.20. The highest BCUT2D eigenvalue weighted by atomic mass is 32.2. The molecule has 1 nitrogen and oxygen atoms in total. The van der Waals surface area contributed by atoms with Gasteiger partial charge in [0.15, 0.2) is 0 Å². The molecule has 2 heteroatoms. The van der Waals surface area contributed by atoms with E-state index in [1.165, 1.54) is 35.3 Å². The quantitative estimate of drug-likeness (QED) is 0.868. The molecule has 1 aromatic carbocycles. The van der Waals surface area contributed by atoms with Crippen LogP contribution in [0.2, 0.25) is 0 Å². The number of hydrogen-bond acceptors (Lipinski definition) is 2. The van der Waals surface area contributed by atoms with Gasteiger partial charge in [-0.15, -0.1) is 11.8 Å². The van der Waals surface area contributed by atoms with E-state index in [0.29, 0.717) is 6.04 Å². The molecule has 0 aromatic heterocycles. The van der Waals surface area contributed by atoms with E-state index in [1.807, 2.05) is 0 Å². The molecule has 94 valence electrons. The van der Waals surface area contributed by atoms with Crippen LogP contribution in [-0.2, 0) is 0 Å². The summed E-state index contributed by atoms with van der Waals surface area (Å²) in [6.07, 6.45) is 4.08. The summed E-state index contributed by atoms with van der Waals surface area (Å²) in [5, 5.41) is 4.38. The van der Waals surface area contributed by atoms with E-state index in [2.05, 4.69) is 56.0 Å². The van der Waals surface area contributed by atoms with Gasteiger partial charge in [0.1, 0.15) is 0 Å². The second-order valence-corrected chi connectivity index (χ2v) is 6.31. The molecule has 2 rings (SSSR count). The van der Waals surface area contributed by atoms with Crippen molar-refractivity contribution in [2.24, 2.45) is 0 Å². The molecular formula is C15H23NS. The summed E-state index contributed by atoms with van der Waals surface area (Å²) in [6.45, 7) is 7.68. The minimum absolute atomic E-state index is 0.714. The van der Waals surface area contributed by atoms with Gasteiger partial charge in [0.2, 0.25) is 0 Å². The Kier molecular flexibility index (Phi) is 4.52. The first kappa shape index (κ1) is 13.0. The smallest absolute Gasteiger partial charge is 0.0248 e. The molecule has 1 N–H and O–H groups in total. The molecule has 0 radical (unpaired) electrons. The number of aryl methyl sites for hydroxylation is 2. The van der Waals surface area contributed by atoms with Gasteiger partial charge < -0.3 is 5.32 Å². The maximum absolute atomic E-state index is 3.62. The fourth-order valence-electron chi connectivity index (χ4n) is 2.52. The second kappa shape index (κ2) is 5.92. The Bertz CT molecular complexity index is 375.